The van der Waals surface area contributed by atoms with Crippen molar-refractivity contribution in [2.45, 2.75) is 32.6 Å². The Kier molecular flexibility index (Phi) is 9.69. The Labute approximate surface area is 209 Å². The van der Waals surface area contributed by atoms with Gasteiger partial charge in [-0.3, -0.25) is 14.4 Å². The summed E-state index contributed by atoms with van der Waals surface area (Å²) in [4.78, 5) is 36.1. The molecule has 3 aromatic carbocycles. The first-order valence-electron chi connectivity index (χ1n) is 11.3. The van der Waals surface area contributed by atoms with Gasteiger partial charge in [0.1, 0.15) is 11.5 Å². The van der Waals surface area contributed by atoms with Crippen LogP contribution in [-0.2, 0) is 25.5 Å². The Morgan fingerprint density at radius 1 is 0.800 bits per heavy atom. The molecular weight excluding hydrogens is 468 g/mol. The summed E-state index contributed by atoms with van der Waals surface area (Å²) in [7, 11) is 0. The Morgan fingerprint density at radius 2 is 1.46 bits per heavy atom. The van der Waals surface area contributed by atoms with E-state index < -0.39 is 11.9 Å². The van der Waals surface area contributed by atoms with E-state index in [1.165, 1.54) is 0 Å². The molecule has 0 saturated heterocycles. The van der Waals surface area contributed by atoms with Crippen LogP contribution in [0.3, 0.4) is 0 Å². The van der Waals surface area contributed by atoms with Crippen LogP contribution in [0.25, 0.3) is 0 Å². The van der Waals surface area contributed by atoms with Gasteiger partial charge in [0.15, 0.2) is 6.61 Å². The van der Waals surface area contributed by atoms with Crippen LogP contribution in [0.15, 0.2) is 72.8 Å². The second-order valence-electron chi connectivity index (χ2n) is 7.70. The molecule has 7 nitrogen and oxygen atoms in total. The molecule has 2 amide bonds. The summed E-state index contributed by atoms with van der Waals surface area (Å²) in [6.45, 7) is 1.63. The van der Waals surface area contributed by atoms with Crippen molar-refractivity contribution in [1.82, 2.24) is 0 Å². The molecule has 0 radical (unpaired) electrons. The van der Waals surface area contributed by atoms with Gasteiger partial charge in [0.05, 0.1) is 0 Å². The SMILES string of the molecule is CCc1ccccc1NC(=O)COC(=O)CCCC(=O)Nc1ccc(Oc2ccc(Cl)cc2)cc1. The summed E-state index contributed by atoms with van der Waals surface area (Å²) in [6, 6.07) is 21.4. The van der Waals surface area contributed by atoms with Crippen LogP contribution in [-0.4, -0.2) is 24.4 Å². The van der Waals surface area contributed by atoms with Crippen molar-refractivity contribution in [3.05, 3.63) is 83.4 Å². The number of hydrogen-bond donors (Lipinski definition) is 2. The zero-order chi connectivity index (χ0) is 25.0. The maximum absolute atomic E-state index is 12.2. The van der Waals surface area contributed by atoms with Crippen molar-refractivity contribution in [3.8, 4) is 11.5 Å². The van der Waals surface area contributed by atoms with Gasteiger partial charge in [0.25, 0.3) is 5.91 Å². The van der Waals surface area contributed by atoms with Crippen molar-refractivity contribution in [3.63, 3.8) is 0 Å². The van der Waals surface area contributed by atoms with Gasteiger partial charge >= 0.3 is 5.97 Å². The van der Waals surface area contributed by atoms with Gasteiger partial charge in [-0.05, 0) is 73.0 Å². The number of rotatable bonds is 11. The second-order valence-corrected chi connectivity index (χ2v) is 8.14. The smallest absolute Gasteiger partial charge is 0.306 e. The number of esters is 1. The molecule has 3 rings (SSSR count). The quantitative estimate of drug-likeness (QED) is 0.319. The van der Waals surface area contributed by atoms with Crippen molar-refractivity contribution >= 4 is 40.8 Å². The molecule has 8 heteroatoms. The summed E-state index contributed by atoms with van der Waals surface area (Å²) in [5.74, 6) is 0.121. The van der Waals surface area contributed by atoms with Gasteiger partial charge in [-0.1, -0.05) is 36.7 Å². The number of carbonyl (C=O) groups excluding carboxylic acids is 3. The number of ether oxygens (including phenoxy) is 2. The minimum absolute atomic E-state index is 0.0418. The summed E-state index contributed by atoms with van der Waals surface area (Å²) in [5.41, 5.74) is 2.32. The third-order valence-electron chi connectivity index (χ3n) is 5.01. The van der Waals surface area contributed by atoms with Crippen LogP contribution in [0.2, 0.25) is 5.02 Å². The van der Waals surface area contributed by atoms with Gasteiger partial charge in [-0.25, -0.2) is 0 Å². The number of aryl methyl sites for hydroxylation is 1. The second kappa shape index (κ2) is 13.2. The molecule has 35 heavy (non-hydrogen) atoms. The van der Waals surface area contributed by atoms with Gasteiger partial charge in [0.2, 0.25) is 5.91 Å². The standard InChI is InChI=1S/C27H27ClN2O5/c1-2-19-6-3-4-7-24(19)30-26(32)18-34-27(33)9-5-8-25(31)29-21-12-16-23(17-13-21)35-22-14-10-20(28)11-15-22/h3-4,6-7,10-17H,2,5,8-9,18H2,1H3,(H,29,31)(H,30,32). The lowest BCUT2D eigenvalue weighted by Crippen LogP contribution is -2.21. The van der Waals surface area contributed by atoms with E-state index >= 15 is 0 Å². The van der Waals surface area contributed by atoms with E-state index in [0.29, 0.717) is 34.3 Å². The summed E-state index contributed by atoms with van der Waals surface area (Å²) in [6.07, 6.45) is 1.27. The van der Waals surface area contributed by atoms with Crippen LogP contribution in [0.4, 0.5) is 11.4 Å². The fourth-order valence-electron chi connectivity index (χ4n) is 3.22. The first-order chi connectivity index (χ1) is 16.9. The zero-order valence-electron chi connectivity index (χ0n) is 19.4. The van der Waals surface area contributed by atoms with Gasteiger partial charge < -0.3 is 20.1 Å². The monoisotopic (exact) mass is 494 g/mol. The molecule has 3 aromatic rings. The number of hydrogen-bond acceptors (Lipinski definition) is 5. The minimum atomic E-state index is -0.527. The molecule has 0 aliphatic rings. The van der Waals surface area contributed by atoms with E-state index in [9.17, 15) is 14.4 Å². The molecule has 182 valence electrons. The van der Waals surface area contributed by atoms with Crippen LogP contribution < -0.4 is 15.4 Å². The highest BCUT2D eigenvalue weighted by atomic mass is 35.5. The molecule has 0 saturated carbocycles. The zero-order valence-corrected chi connectivity index (χ0v) is 20.1. The van der Waals surface area contributed by atoms with E-state index in [1.807, 2.05) is 25.1 Å². The van der Waals surface area contributed by atoms with E-state index in [-0.39, 0.29) is 25.4 Å². The third kappa shape index (κ3) is 8.79. The van der Waals surface area contributed by atoms with E-state index in [0.717, 1.165) is 12.0 Å². The predicted molar refractivity (Wildman–Crippen MR) is 136 cm³/mol. The molecule has 0 aliphatic carbocycles. The largest absolute Gasteiger partial charge is 0.457 e. The fraction of sp³-hybridized carbons (Fsp3) is 0.222. The van der Waals surface area contributed by atoms with Crippen molar-refractivity contribution in [2.24, 2.45) is 0 Å². The Morgan fingerprint density at radius 3 is 2.14 bits per heavy atom. The highest BCUT2D eigenvalue weighted by Crippen LogP contribution is 2.24. The molecule has 0 fully saturated rings. The Balaban J connectivity index is 1.33. The first-order valence-corrected chi connectivity index (χ1v) is 11.7. The first kappa shape index (κ1) is 25.8. The summed E-state index contributed by atoms with van der Waals surface area (Å²) in [5, 5.41) is 6.15. The van der Waals surface area contributed by atoms with Gasteiger partial charge in [-0.2, -0.15) is 0 Å². The normalized spacial score (nSPS) is 10.3. The predicted octanol–water partition coefficient (Wildman–Crippen LogP) is 5.99. The average molecular weight is 495 g/mol. The number of nitrogens with one attached hydrogen (secondary N) is 2. The maximum Gasteiger partial charge on any atom is 0.306 e. The van der Waals surface area contributed by atoms with Crippen LogP contribution in [0, 0.1) is 0 Å². The third-order valence-corrected chi connectivity index (χ3v) is 5.26. The molecule has 0 bridgehead atoms. The minimum Gasteiger partial charge on any atom is -0.457 e. The number of halogens is 1. The lowest BCUT2D eigenvalue weighted by atomic mass is 10.1. The molecule has 0 spiro atoms. The number of carbonyl (C=O) groups is 3. The van der Waals surface area contributed by atoms with Crippen molar-refractivity contribution in [2.75, 3.05) is 17.2 Å². The Bertz CT molecular complexity index is 1150. The van der Waals surface area contributed by atoms with Gasteiger partial charge in [-0.15, -0.1) is 0 Å². The van der Waals surface area contributed by atoms with E-state index in [1.54, 1.807) is 54.6 Å². The molecule has 0 heterocycles. The molecule has 0 unspecified atom stereocenters. The molecule has 2 N–H and O–H groups in total. The summed E-state index contributed by atoms with van der Waals surface area (Å²) < 4.78 is 10.7. The number of para-hydroxylation sites is 1. The highest BCUT2D eigenvalue weighted by Gasteiger charge is 2.11. The molecule has 0 aliphatic heterocycles. The van der Waals surface area contributed by atoms with Crippen LogP contribution in [0.1, 0.15) is 31.7 Å². The number of amides is 2. The van der Waals surface area contributed by atoms with E-state index in [2.05, 4.69) is 10.6 Å². The lowest BCUT2D eigenvalue weighted by molar-refractivity contribution is -0.147. The van der Waals surface area contributed by atoms with Crippen molar-refractivity contribution in [1.29, 1.82) is 0 Å². The van der Waals surface area contributed by atoms with E-state index in [4.69, 9.17) is 21.1 Å². The number of anilines is 2. The topological polar surface area (TPSA) is 93.7 Å². The lowest BCUT2D eigenvalue weighted by Gasteiger charge is -2.10. The molecule has 0 aromatic heterocycles. The highest BCUT2D eigenvalue weighted by molar-refractivity contribution is 6.30. The summed E-state index contributed by atoms with van der Waals surface area (Å²) >= 11 is 5.86. The van der Waals surface area contributed by atoms with Crippen LogP contribution in [0.5, 0.6) is 11.5 Å². The number of benzene rings is 3. The maximum atomic E-state index is 12.2. The Hall–Kier alpha value is -3.84. The average Bonchev–Trinajstić information content (AvgIpc) is 2.86. The fourth-order valence-corrected chi connectivity index (χ4v) is 3.34. The molecule has 0 atom stereocenters. The molecular formula is C27H27ClN2O5. The van der Waals surface area contributed by atoms with Crippen molar-refractivity contribution < 1.29 is 23.9 Å². The van der Waals surface area contributed by atoms with Gasteiger partial charge in [0, 0.05) is 29.2 Å². The van der Waals surface area contributed by atoms with Crippen LogP contribution >= 0.6 is 11.6 Å².